The molecule has 0 bridgehead atoms. The summed E-state index contributed by atoms with van der Waals surface area (Å²) < 4.78 is 4.49. The number of carbonyl (C=O) groups is 1. The van der Waals surface area contributed by atoms with E-state index in [1.165, 1.54) is 5.56 Å². The van der Waals surface area contributed by atoms with Crippen LogP contribution in [-0.4, -0.2) is 29.0 Å². The Bertz CT molecular complexity index is 366. The first-order chi connectivity index (χ1) is 7.74. The van der Waals surface area contributed by atoms with Crippen LogP contribution in [0, 0.1) is 0 Å². The van der Waals surface area contributed by atoms with Crippen molar-refractivity contribution in [2.45, 2.75) is 16.9 Å². The third-order valence-electron chi connectivity index (χ3n) is 2.64. The fourth-order valence-corrected chi connectivity index (χ4v) is 2.75. The minimum atomic E-state index is -0.438. The number of benzene rings is 1. The summed E-state index contributed by atoms with van der Waals surface area (Å²) in [5.41, 5.74) is 1.19. The average molecular weight is 238 g/mol. The van der Waals surface area contributed by atoms with E-state index >= 15 is 0 Å². The summed E-state index contributed by atoms with van der Waals surface area (Å²) in [5.74, 6) is 0.576. The molecule has 1 saturated heterocycles. The summed E-state index contributed by atoms with van der Waals surface area (Å²) in [6.45, 7) is 0.302. The van der Waals surface area contributed by atoms with Gasteiger partial charge in [-0.15, -0.1) is 11.8 Å². The molecule has 4 heteroatoms. The molecule has 0 aliphatic carbocycles. The Kier molecular flexibility index (Phi) is 3.51. The lowest BCUT2D eigenvalue weighted by atomic mass is 10.1. The van der Waals surface area contributed by atoms with E-state index in [0.717, 1.165) is 5.75 Å². The maximum absolute atomic E-state index is 11.1. The molecule has 1 aliphatic heterocycles. The molecule has 1 N–H and O–H groups in total. The SMILES string of the molecule is O=C1CC(CO)(SCc2ccccc2)CO1. The average Bonchev–Trinajstić information content (AvgIpc) is 2.71. The molecule has 0 amide bonds. The number of hydrogen-bond acceptors (Lipinski definition) is 4. The van der Waals surface area contributed by atoms with Crippen LogP contribution in [-0.2, 0) is 15.3 Å². The number of aliphatic hydroxyl groups is 1. The lowest BCUT2D eigenvalue weighted by molar-refractivity contribution is -0.137. The molecule has 3 nitrogen and oxygen atoms in total. The van der Waals surface area contributed by atoms with Gasteiger partial charge in [-0.1, -0.05) is 30.3 Å². The highest BCUT2D eigenvalue weighted by atomic mass is 32.2. The van der Waals surface area contributed by atoms with Crippen molar-refractivity contribution in [2.75, 3.05) is 13.2 Å². The van der Waals surface area contributed by atoms with Gasteiger partial charge in [0.1, 0.15) is 6.61 Å². The molecule has 1 atom stereocenters. The predicted molar refractivity (Wildman–Crippen MR) is 63.1 cm³/mol. The van der Waals surface area contributed by atoms with Crippen LogP contribution in [0.5, 0.6) is 0 Å². The smallest absolute Gasteiger partial charge is 0.307 e. The van der Waals surface area contributed by atoms with E-state index in [2.05, 4.69) is 0 Å². The molecule has 1 aromatic carbocycles. The van der Waals surface area contributed by atoms with Crippen LogP contribution in [0.2, 0.25) is 0 Å². The highest BCUT2D eigenvalue weighted by Crippen LogP contribution is 2.36. The summed E-state index contributed by atoms with van der Waals surface area (Å²) in [4.78, 5) is 11.1. The third-order valence-corrected chi connectivity index (χ3v) is 4.12. The largest absolute Gasteiger partial charge is 0.464 e. The summed E-state index contributed by atoms with van der Waals surface area (Å²) >= 11 is 1.59. The Morgan fingerprint density at radius 3 is 2.69 bits per heavy atom. The molecular formula is C12H14O3S. The van der Waals surface area contributed by atoms with E-state index in [1.807, 2.05) is 30.3 Å². The second kappa shape index (κ2) is 4.89. The molecule has 0 radical (unpaired) electrons. The van der Waals surface area contributed by atoms with Crippen molar-refractivity contribution >= 4 is 17.7 Å². The fraction of sp³-hybridized carbons (Fsp3) is 0.417. The van der Waals surface area contributed by atoms with Gasteiger partial charge >= 0.3 is 5.97 Å². The minimum Gasteiger partial charge on any atom is -0.464 e. The maximum Gasteiger partial charge on any atom is 0.307 e. The summed E-state index contributed by atoms with van der Waals surface area (Å²) in [6, 6.07) is 10.0. The van der Waals surface area contributed by atoms with Crippen LogP contribution in [0.25, 0.3) is 0 Å². The lowest BCUT2D eigenvalue weighted by Gasteiger charge is -2.22. The van der Waals surface area contributed by atoms with E-state index in [1.54, 1.807) is 11.8 Å². The number of esters is 1. The first-order valence-corrected chi connectivity index (χ1v) is 6.17. The molecule has 2 rings (SSSR count). The quantitative estimate of drug-likeness (QED) is 0.809. The monoisotopic (exact) mass is 238 g/mol. The van der Waals surface area contributed by atoms with Gasteiger partial charge in [-0.3, -0.25) is 4.79 Å². The molecule has 16 heavy (non-hydrogen) atoms. The summed E-state index contributed by atoms with van der Waals surface area (Å²) in [5, 5.41) is 9.36. The molecule has 1 heterocycles. The van der Waals surface area contributed by atoms with Crippen LogP contribution in [0.4, 0.5) is 0 Å². The Morgan fingerprint density at radius 1 is 1.38 bits per heavy atom. The van der Waals surface area contributed by atoms with Gasteiger partial charge in [0.15, 0.2) is 0 Å². The topological polar surface area (TPSA) is 46.5 Å². The van der Waals surface area contributed by atoms with Crippen molar-refractivity contribution in [2.24, 2.45) is 0 Å². The van der Waals surface area contributed by atoms with E-state index in [9.17, 15) is 9.90 Å². The Labute approximate surface area is 98.8 Å². The molecule has 1 aliphatic rings. The van der Waals surface area contributed by atoms with Gasteiger partial charge in [0.2, 0.25) is 0 Å². The molecule has 0 spiro atoms. The number of hydrogen-bond donors (Lipinski definition) is 1. The van der Waals surface area contributed by atoms with Crippen LogP contribution in [0.15, 0.2) is 30.3 Å². The highest BCUT2D eigenvalue weighted by Gasteiger charge is 2.40. The zero-order chi connectivity index (χ0) is 11.4. The van der Waals surface area contributed by atoms with Crippen molar-refractivity contribution in [3.63, 3.8) is 0 Å². The number of ether oxygens (including phenoxy) is 1. The minimum absolute atomic E-state index is 0.0176. The first-order valence-electron chi connectivity index (χ1n) is 5.18. The number of cyclic esters (lactones) is 1. The van der Waals surface area contributed by atoms with Gasteiger partial charge in [-0.25, -0.2) is 0 Å². The molecule has 0 saturated carbocycles. The maximum atomic E-state index is 11.1. The predicted octanol–water partition coefficient (Wildman–Crippen LogP) is 1.60. The lowest BCUT2D eigenvalue weighted by Crippen LogP contribution is -2.30. The van der Waals surface area contributed by atoms with Crippen LogP contribution >= 0.6 is 11.8 Å². The normalized spacial score (nSPS) is 24.4. The van der Waals surface area contributed by atoms with Gasteiger partial charge in [0.25, 0.3) is 0 Å². The van der Waals surface area contributed by atoms with Crippen LogP contribution in [0.1, 0.15) is 12.0 Å². The molecule has 86 valence electrons. The Balaban J connectivity index is 1.96. The van der Waals surface area contributed by atoms with E-state index in [-0.39, 0.29) is 12.6 Å². The van der Waals surface area contributed by atoms with Crippen molar-refractivity contribution in [1.82, 2.24) is 0 Å². The van der Waals surface area contributed by atoms with Gasteiger partial charge in [-0.05, 0) is 5.56 Å². The molecular weight excluding hydrogens is 224 g/mol. The zero-order valence-electron chi connectivity index (χ0n) is 8.89. The van der Waals surface area contributed by atoms with Gasteiger partial charge in [0.05, 0.1) is 17.8 Å². The van der Waals surface area contributed by atoms with Crippen molar-refractivity contribution in [3.8, 4) is 0 Å². The molecule has 1 fully saturated rings. The molecule has 0 aromatic heterocycles. The van der Waals surface area contributed by atoms with E-state index in [4.69, 9.17) is 4.74 Å². The Hall–Kier alpha value is -1.00. The molecule has 1 unspecified atom stereocenters. The highest BCUT2D eigenvalue weighted by molar-refractivity contribution is 8.00. The number of aliphatic hydroxyl groups excluding tert-OH is 1. The van der Waals surface area contributed by atoms with E-state index in [0.29, 0.717) is 13.0 Å². The van der Waals surface area contributed by atoms with Crippen molar-refractivity contribution in [3.05, 3.63) is 35.9 Å². The number of rotatable bonds is 4. The van der Waals surface area contributed by atoms with Crippen molar-refractivity contribution in [1.29, 1.82) is 0 Å². The summed E-state index contributed by atoms with van der Waals surface area (Å²) in [6.07, 6.45) is 0.307. The third kappa shape index (κ3) is 2.57. The van der Waals surface area contributed by atoms with Crippen LogP contribution in [0.3, 0.4) is 0 Å². The molecule has 1 aromatic rings. The van der Waals surface area contributed by atoms with Crippen LogP contribution < -0.4 is 0 Å². The summed E-state index contributed by atoms with van der Waals surface area (Å²) in [7, 11) is 0. The van der Waals surface area contributed by atoms with Gasteiger partial charge < -0.3 is 9.84 Å². The van der Waals surface area contributed by atoms with Gasteiger partial charge in [-0.2, -0.15) is 0 Å². The second-order valence-electron chi connectivity index (χ2n) is 3.95. The van der Waals surface area contributed by atoms with Crippen molar-refractivity contribution < 1.29 is 14.6 Å². The van der Waals surface area contributed by atoms with Gasteiger partial charge in [0, 0.05) is 5.75 Å². The zero-order valence-corrected chi connectivity index (χ0v) is 9.70. The Morgan fingerprint density at radius 2 is 2.12 bits per heavy atom. The second-order valence-corrected chi connectivity index (χ2v) is 5.40. The van der Waals surface area contributed by atoms with E-state index < -0.39 is 4.75 Å². The fourth-order valence-electron chi connectivity index (χ4n) is 1.63. The first kappa shape index (κ1) is 11.5. The standard InChI is InChI=1S/C12H14O3S/c13-8-12(6-11(14)15-9-12)16-7-10-4-2-1-3-5-10/h1-5,13H,6-9H2. The number of thioether (sulfide) groups is 1. The number of carbonyl (C=O) groups excluding carboxylic acids is 1.